The highest BCUT2D eigenvalue weighted by atomic mass is 79.9. The maximum Gasteiger partial charge on any atom is 0.177 e. The predicted octanol–water partition coefficient (Wildman–Crippen LogP) is 3.12. The zero-order valence-electron chi connectivity index (χ0n) is 11.9. The van der Waals surface area contributed by atoms with Crippen molar-refractivity contribution < 1.29 is 14.3 Å². The van der Waals surface area contributed by atoms with Crippen LogP contribution in [0.1, 0.15) is 21.6 Å². The number of ketones is 1. The van der Waals surface area contributed by atoms with Crippen molar-refractivity contribution in [1.82, 2.24) is 4.98 Å². The molecule has 22 heavy (non-hydrogen) atoms. The first-order valence-electron chi connectivity index (χ1n) is 6.43. The molecule has 0 radical (unpaired) electrons. The Kier molecular flexibility index (Phi) is 5.50. The highest BCUT2D eigenvalue weighted by molar-refractivity contribution is 9.09. The van der Waals surface area contributed by atoms with E-state index in [1.807, 2.05) is 6.07 Å². The van der Waals surface area contributed by atoms with Crippen molar-refractivity contribution in [1.29, 1.82) is 5.26 Å². The van der Waals surface area contributed by atoms with Crippen molar-refractivity contribution >= 4 is 21.7 Å². The van der Waals surface area contributed by atoms with Gasteiger partial charge in [-0.2, -0.15) is 5.26 Å². The van der Waals surface area contributed by atoms with E-state index in [0.717, 1.165) is 0 Å². The highest BCUT2D eigenvalue weighted by Crippen LogP contribution is 2.26. The first-order chi connectivity index (χ1) is 10.7. The first kappa shape index (κ1) is 16.0. The molecule has 0 spiro atoms. The molecule has 0 saturated heterocycles. The Morgan fingerprint density at radius 2 is 2.18 bits per heavy atom. The molecule has 0 aliphatic heterocycles. The van der Waals surface area contributed by atoms with Crippen LogP contribution in [0.3, 0.4) is 0 Å². The molecule has 0 aliphatic carbocycles. The lowest BCUT2D eigenvalue weighted by Crippen LogP contribution is -2.04. The molecule has 2 rings (SSSR count). The molecular weight excluding hydrogens is 348 g/mol. The maximum atomic E-state index is 11.7. The van der Waals surface area contributed by atoms with Crippen molar-refractivity contribution in [3.8, 4) is 17.6 Å². The van der Waals surface area contributed by atoms with Gasteiger partial charge in [-0.25, -0.2) is 0 Å². The number of carbonyl (C=O) groups excluding carboxylic acids is 1. The number of benzene rings is 1. The average molecular weight is 361 g/mol. The molecule has 0 aliphatic rings. The van der Waals surface area contributed by atoms with E-state index in [2.05, 4.69) is 20.9 Å². The van der Waals surface area contributed by atoms with Gasteiger partial charge in [-0.1, -0.05) is 15.9 Å². The molecule has 0 fully saturated rings. The van der Waals surface area contributed by atoms with Crippen LogP contribution < -0.4 is 9.47 Å². The van der Waals surface area contributed by atoms with Gasteiger partial charge in [-0.05, 0) is 24.3 Å². The van der Waals surface area contributed by atoms with Gasteiger partial charge in [0.05, 0.1) is 29.3 Å². The second-order valence-electron chi connectivity index (χ2n) is 4.36. The number of pyridine rings is 1. The summed E-state index contributed by atoms with van der Waals surface area (Å²) in [6.07, 6.45) is 1.50. The second-order valence-corrected chi connectivity index (χ2v) is 4.92. The number of rotatable bonds is 6. The minimum absolute atomic E-state index is 0.0582. The van der Waals surface area contributed by atoms with Crippen LogP contribution in [0.15, 0.2) is 36.5 Å². The molecule has 0 bridgehead atoms. The molecule has 1 aromatic carbocycles. The lowest BCUT2D eigenvalue weighted by Gasteiger charge is -2.10. The van der Waals surface area contributed by atoms with E-state index in [-0.39, 0.29) is 17.7 Å². The van der Waals surface area contributed by atoms with E-state index in [9.17, 15) is 4.79 Å². The van der Waals surface area contributed by atoms with E-state index < -0.39 is 0 Å². The summed E-state index contributed by atoms with van der Waals surface area (Å²) >= 11 is 3.14. The number of ether oxygens (including phenoxy) is 2. The summed E-state index contributed by atoms with van der Waals surface area (Å²) in [6, 6.07) is 10.5. The largest absolute Gasteiger partial charge is 0.496 e. The molecule has 0 amide bonds. The van der Waals surface area contributed by atoms with Crippen LogP contribution in [0.5, 0.6) is 11.5 Å². The minimum atomic E-state index is -0.0582. The van der Waals surface area contributed by atoms with Crippen LogP contribution >= 0.6 is 15.9 Å². The van der Waals surface area contributed by atoms with Gasteiger partial charge in [0.1, 0.15) is 24.2 Å². The molecule has 0 saturated carbocycles. The summed E-state index contributed by atoms with van der Waals surface area (Å²) in [5.74, 6) is 0.987. The summed E-state index contributed by atoms with van der Waals surface area (Å²) in [7, 11) is 1.51. The maximum absolute atomic E-state index is 11.7. The summed E-state index contributed by atoms with van der Waals surface area (Å²) < 4.78 is 10.8. The topological polar surface area (TPSA) is 72.2 Å². The lowest BCUT2D eigenvalue weighted by molar-refractivity contribution is 0.102. The number of methoxy groups -OCH3 is 1. The van der Waals surface area contributed by atoms with Gasteiger partial charge < -0.3 is 9.47 Å². The van der Waals surface area contributed by atoms with Crippen LogP contribution in [0.2, 0.25) is 0 Å². The van der Waals surface area contributed by atoms with Crippen LogP contribution in [0.4, 0.5) is 0 Å². The van der Waals surface area contributed by atoms with Crippen LogP contribution in [0, 0.1) is 11.3 Å². The number of alkyl halides is 1. The third kappa shape index (κ3) is 3.83. The summed E-state index contributed by atoms with van der Waals surface area (Å²) in [5.41, 5.74) is 1.71. The van der Waals surface area contributed by atoms with Gasteiger partial charge in [0.2, 0.25) is 0 Å². The number of nitriles is 1. The molecule has 1 aromatic heterocycles. The van der Waals surface area contributed by atoms with Crippen molar-refractivity contribution in [3.63, 3.8) is 0 Å². The molecule has 0 N–H and O–H groups in total. The fourth-order valence-corrected chi connectivity index (χ4v) is 2.10. The Balaban J connectivity index is 2.09. The van der Waals surface area contributed by atoms with E-state index in [0.29, 0.717) is 28.3 Å². The normalized spacial score (nSPS) is 9.86. The summed E-state index contributed by atoms with van der Waals surface area (Å²) in [6.45, 7) is 0.264. The number of nitrogens with zero attached hydrogens (tertiary/aromatic N) is 2. The van der Waals surface area contributed by atoms with Gasteiger partial charge in [0, 0.05) is 12.3 Å². The lowest BCUT2D eigenvalue weighted by atomic mass is 10.1. The molecular formula is C16H13BrN2O3. The SMILES string of the molecule is COc1cc(OCc2ccc(C#N)cn2)ccc1C(=O)CBr. The monoisotopic (exact) mass is 360 g/mol. The van der Waals surface area contributed by atoms with Gasteiger partial charge in [0.25, 0.3) is 0 Å². The zero-order chi connectivity index (χ0) is 15.9. The third-order valence-corrected chi connectivity index (χ3v) is 3.44. The predicted molar refractivity (Wildman–Crippen MR) is 84.4 cm³/mol. The number of Topliss-reactive ketones (excluding diaryl/α,β-unsaturated/α-hetero) is 1. The number of carbonyl (C=O) groups is 1. The average Bonchev–Trinajstić information content (AvgIpc) is 2.59. The Hall–Kier alpha value is -2.39. The summed E-state index contributed by atoms with van der Waals surface area (Å²) in [4.78, 5) is 15.9. The van der Waals surface area contributed by atoms with Crippen molar-refractivity contribution in [2.24, 2.45) is 0 Å². The number of halogens is 1. The third-order valence-electron chi connectivity index (χ3n) is 2.94. The molecule has 112 valence electrons. The molecule has 6 heteroatoms. The van der Waals surface area contributed by atoms with E-state index in [4.69, 9.17) is 14.7 Å². The van der Waals surface area contributed by atoms with Crippen LogP contribution in [-0.4, -0.2) is 23.2 Å². The van der Waals surface area contributed by atoms with Gasteiger partial charge in [-0.15, -0.1) is 0 Å². The van der Waals surface area contributed by atoms with Crippen molar-refractivity contribution in [2.75, 3.05) is 12.4 Å². The van der Waals surface area contributed by atoms with E-state index >= 15 is 0 Å². The summed E-state index contributed by atoms with van der Waals surface area (Å²) in [5, 5.41) is 8.95. The Morgan fingerprint density at radius 1 is 1.36 bits per heavy atom. The van der Waals surface area contributed by atoms with E-state index in [1.165, 1.54) is 13.3 Å². The quantitative estimate of drug-likeness (QED) is 0.584. The molecule has 0 unspecified atom stereocenters. The standard InChI is InChI=1S/C16H13BrN2O3/c1-21-16-6-13(4-5-14(16)15(20)7-17)22-10-12-3-2-11(8-18)9-19-12/h2-6,9H,7,10H2,1H3. The smallest absolute Gasteiger partial charge is 0.177 e. The van der Waals surface area contributed by atoms with Crippen LogP contribution in [-0.2, 0) is 6.61 Å². The Morgan fingerprint density at radius 3 is 2.77 bits per heavy atom. The van der Waals surface area contributed by atoms with E-state index in [1.54, 1.807) is 30.3 Å². The number of hydrogen-bond acceptors (Lipinski definition) is 5. The molecule has 5 nitrogen and oxygen atoms in total. The number of hydrogen-bond donors (Lipinski definition) is 0. The fraction of sp³-hybridized carbons (Fsp3) is 0.188. The second kappa shape index (κ2) is 7.57. The number of aromatic nitrogens is 1. The fourth-order valence-electron chi connectivity index (χ4n) is 1.80. The van der Waals surface area contributed by atoms with Crippen molar-refractivity contribution in [3.05, 3.63) is 53.3 Å². The Bertz CT molecular complexity index is 708. The zero-order valence-corrected chi connectivity index (χ0v) is 13.5. The highest BCUT2D eigenvalue weighted by Gasteiger charge is 2.12. The molecule has 0 atom stereocenters. The molecule has 1 heterocycles. The Labute approximate surface area is 136 Å². The van der Waals surface area contributed by atoms with Crippen molar-refractivity contribution in [2.45, 2.75) is 6.61 Å². The minimum Gasteiger partial charge on any atom is -0.496 e. The van der Waals surface area contributed by atoms with Gasteiger partial charge in [0.15, 0.2) is 5.78 Å². The first-order valence-corrected chi connectivity index (χ1v) is 7.55. The van der Waals surface area contributed by atoms with Gasteiger partial charge in [-0.3, -0.25) is 9.78 Å². The molecule has 2 aromatic rings. The van der Waals surface area contributed by atoms with Gasteiger partial charge >= 0.3 is 0 Å². The van der Waals surface area contributed by atoms with Crippen LogP contribution in [0.25, 0.3) is 0 Å².